The van der Waals surface area contributed by atoms with E-state index in [1.54, 1.807) is 24.3 Å². The average molecular weight is 403 g/mol. The summed E-state index contributed by atoms with van der Waals surface area (Å²) in [6.07, 6.45) is 4.20. The minimum Gasteiger partial charge on any atom is -0.493 e. The molecule has 0 bridgehead atoms. The van der Waals surface area contributed by atoms with Crippen molar-refractivity contribution in [2.75, 3.05) is 25.6 Å². The predicted molar refractivity (Wildman–Crippen MR) is 104 cm³/mol. The molecule has 0 atom stereocenters. The summed E-state index contributed by atoms with van der Waals surface area (Å²) in [5.74, 6) is -2.23. The van der Waals surface area contributed by atoms with Crippen LogP contribution in [0.15, 0.2) is 55.1 Å². The molecule has 0 radical (unpaired) electrons. The summed E-state index contributed by atoms with van der Waals surface area (Å²) in [5, 5.41) is 2.19. The number of carbonyl (C=O) groups excluding carboxylic acids is 2. The van der Waals surface area contributed by atoms with Crippen molar-refractivity contribution in [2.24, 2.45) is 0 Å². The molecule has 0 aliphatic carbocycles. The van der Waals surface area contributed by atoms with Crippen LogP contribution in [-0.4, -0.2) is 32.2 Å². The lowest BCUT2D eigenvalue weighted by Gasteiger charge is -2.09. The third kappa shape index (κ3) is 6.76. The van der Waals surface area contributed by atoms with Gasteiger partial charge in [-0.1, -0.05) is 18.7 Å². The first-order valence-corrected chi connectivity index (χ1v) is 8.44. The molecule has 0 spiro atoms. The molecule has 29 heavy (non-hydrogen) atoms. The molecule has 1 N–H and O–H groups in total. The summed E-state index contributed by atoms with van der Waals surface area (Å²) < 4.78 is 41.8. The second kappa shape index (κ2) is 10.6. The lowest BCUT2D eigenvalue weighted by Crippen LogP contribution is -2.20. The van der Waals surface area contributed by atoms with Gasteiger partial charge in [-0.25, -0.2) is 13.6 Å². The van der Waals surface area contributed by atoms with E-state index in [0.717, 1.165) is 18.2 Å². The van der Waals surface area contributed by atoms with Gasteiger partial charge >= 0.3 is 5.97 Å². The zero-order valence-corrected chi connectivity index (χ0v) is 15.6. The smallest absolute Gasteiger partial charge is 0.331 e. The monoisotopic (exact) mass is 403 g/mol. The molecule has 0 aliphatic heterocycles. The van der Waals surface area contributed by atoms with Gasteiger partial charge in [0.05, 0.1) is 12.8 Å². The van der Waals surface area contributed by atoms with Crippen LogP contribution in [0, 0.1) is 11.6 Å². The lowest BCUT2D eigenvalue weighted by molar-refractivity contribution is -0.142. The molecule has 8 heteroatoms. The molecule has 0 heterocycles. The Bertz CT molecular complexity index is 927. The van der Waals surface area contributed by atoms with Crippen molar-refractivity contribution in [3.05, 3.63) is 72.3 Å². The lowest BCUT2D eigenvalue weighted by atomic mass is 10.2. The Balaban J connectivity index is 1.88. The second-order valence-electron chi connectivity index (χ2n) is 5.62. The Morgan fingerprint density at radius 2 is 1.93 bits per heavy atom. The van der Waals surface area contributed by atoms with E-state index in [1.165, 1.54) is 13.2 Å². The summed E-state index contributed by atoms with van der Waals surface area (Å²) >= 11 is 0. The Kier molecular flexibility index (Phi) is 7.90. The van der Waals surface area contributed by atoms with Gasteiger partial charge in [0, 0.05) is 12.1 Å². The van der Waals surface area contributed by atoms with Crippen molar-refractivity contribution < 1.29 is 32.6 Å². The maximum absolute atomic E-state index is 13.5. The number of nitrogens with one attached hydrogen (secondary N) is 1. The minimum absolute atomic E-state index is 0.214. The van der Waals surface area contributed by atoms with Gasteiger partial charge in [0.25, 0.3) is 5.91 Å². The molecular formula is C21H19F2NO5. The highest BCUT2D eigenvalue weighted by Gasteiger charge is 2.10. The summed E-state index contributed by atoms with van der Waals surface area (Å²) in [6, 6.07) is 7.74. The van der Waals surface area contributed by atoms with E-state index in [4.69, 9.17) is 14.2 Å². The zero-order valence-electron chi connectivity index (χ0n) is 15.6. The largest absolute Gasteiger partial charge is 0.493 e. The average Bonchev–Trinajstić information content (AvgIpc) is 2.71. The van der Waals surface area contributed by atoms with Crippen molar-refractivity contribution in [1.29, 1.82) is 0 Å². The number of halogens is 2. The van der Waals surface area contributed by atoms with E-state index < -0.39 is 30.1 Å². The fourth-order valence-electron chi connectivity index (χ4n) is 2.18. The molecule has 2 rings (SSSR count). The molecular weight excluding hydrogens is 384 g/mol. The molecule has 2 aromatic rings. The Morgan fingerprint density at radius 1 is 1.14 bits per heavy atom. The van der Waals surface area contributed by atoms with Crippen LogP contribution in [0.3, 0.4) is 0 Å². The van der Waals surface area contributed by atoms with Crippen LogP contribution in [0.2, 0.25) is 0 Å². The fourth-order valence-corrected chi connectivity index (χ4v) is 2.18. The maximum Gasteiger partial charge on any atom is 0.331 e. The summed E-state index contributed by atoms with van der Waals surface area (Å²) in [7, 11) is 1.49. The Morgan fingerprint density at radius 3 is 2.62 bits per heavy atom. The normalized spacial score (nSPS) is 10.4. The highest BCUT2D eigenvalue weighted by atomic mass is 19.1. The first-order chi connectivity index (χ1) is 13.9. The number of rotatable bonds is 9. The number of amides is 1. The molecule has 0 saturated carbocycles. The number of carbonyl (C=O) groups is 2. The number of anilines is 1. The highest BCUT2D eigenvalue weighted by Crippen LogP contribution is 2.28. The molecule has 6 nitrogen and oxygen atoms in total. The SMILES string of the molecule is C=CCOc1ccc(/C=C/C(=O)OCC(=O)Nc2ccc(F)cc2F)cc1OC. The predicted octanol–water partition coefficient (Wildman–Crippen LogP) is 3.73. The van der Waals surface area contributed by atoms with Crippen LogP contribution in [0.1, 0.15) is 5.56 Å². The van der Waals surface area contributed by atoms with E-state index >= 15 is 0 Å². The zero-order chi connectivity index (χ0) is 21.2. The molecule has 0 aliphatic rings. The van der Waals surface area contributed by atoms with Crippen molar-refractivity contribution in [2.45, 2.75) is 0 Å². The van der Waals surface area contributed by atoms with Crippen molar-refractivity contribution in [1.82, 2.24) is 0 Å². The number of methoxy groups -OCH3 is 1. The highest BCUT2D eigenvalue weighted by molar-refractivity contribution is 5.94. The van der Waals surface area contributed by atoms with E-state index in [0.29, 0.717) is 29.7 Å². The van der Waals surface area contributed by atoms with E-state index in [-0.39, 0.29) is 5.69 Å². The quantitative estimate of drug-likeness (QED) is 0.392. The van der Waals surface area contributed by atoms with E-state index in [2.05, 4.69) is 11.9 Å². The van der Waals surface area contributed by atoms with Crippen molar-refractivity contribution in [3.8, 4) is 11.5 Å². The summed E-state index contributed by atoms with van der Waals surface area (Å²) in [5.41, 5.74) is 0.427. The number of hydrogen-bond donors (Lipinski definition) is 1. The van der Waals surface area contributed by atoms with Gasteiger partial charge in [-0.15, -0.1) is 0 Å². The first kappa shape index (κ1) is 21.6. The van der Waals surface area contributed by atoms with E-state index in [1.807, 2.05) is 0 Å². The van der Waals surface area contributed by atoms with Gasteiger partial charge in [0.1, 0.15) is 18.2 Å². The van der Waals surface area contributed by atoms with E-state index in [9.17, 15) is 18.4 Å². The molecule has 1 amide bonds. The van der Waals surface area contributed by atoms with Gasteiger partial charge in [0.15, 0.2) is 18.1 Å². The van der Waals surface area contributed by atoms with Gasteiger partial charge < -0.3 is 19.5 Å². The maximum atomic E-state index is 13.5. The first-order valence-electron chi connectivity index (χ1n) is 8.44. The van der Waals surface area contributed by atoms with Gasteiger partial charge in [0.2, 0.25) is 0 Å². The van der Waals surface area contributed by atoms with Crippen LogP contribution in [0.4, 0.5) is 14.5 Å². The van der Waals surface area contributed by atoms with Crippen LogP contribution in [0.25, 0.3) is 6.08 Å². The van der Waals surface area contributed by atoms with Crippen LogP contribution in [-0.2, 0) is 14.3 Å². The van der Waals surface area contributed by atoms with Gasteiger partial charge in [-0.2, -0.15) is 0 Å². The topological polar surface area (TPSA) is 73.9 Å². The molecule has 2 aromatic carbocycles. The Hall–Kier alpha value is -3.68. The third-order valence-electron chi connectivity index (χ3n) is 3.51. The number of benzene rings is 2. The number of ether oxygens (including phenoxy) is 3. The van der Waals surface area contributed by atoms with Crippen molar-refractivity contribution in [3.63, 3.8) is 0 Å². The molecule has 0 aromatic heterocycles. The molecule has 0 unspecified atom stereocenters. The third-order valence-corrected chi connectivity index (χ3v) is 3.51. The summed E-state index contributed by atoms with van der Waals surface area (Å²) in [4.78, 5) is 23.5. The molecule has 0 saturated heterocycles. The van der Waals surface area contributed by atoms with Crippen molar-refractivity contribution >= 4 is 23.6 Å². The molecule has 152 valence electrons. The van der Waals surface area contributed by atoms with Gasteiger partial charge in [-0.05, 0) is 35.9 Å². The minimum atomic E-state index is -0.931. The number of hydrogen-bond acceptors (Lipinski definition) is 5. The summed E-state index contributed by atoms with van der Waals surface area (Å²) in [6.45, 7) is 3.26. The Labute approximate surface area is 166 Å². The fraction of sp³-hybridized carbons (Fsp3) is 0.143. The van der Waals surface area contributed by atoms with Gasteiger partial charge in [-0.3, -0.25) is 4.79 Å². The van der Waals surface area contributed by atoms with Crippen LogP contribution < -0.4 is 14.8 Å². The molecule has 0 fully saturated rings. The van der Waals surface area contributed by atoms with Crippen LogP contribution in [0.5, 0.6) is 11.5 Å². The van der Waals surface area contributed by atoms with Crippen LogP contribution >= 0.6 is 0 Å². The second-order valence-corrected chi connectivity index (χ2v) is 5.62. The standard InChI is InChI=1S/C21H19F2NO5/c1-3-10-28-18-8-4-14(11-19(18)27-2)5-9-21(26)29-13-20(25)24-17-7-6-15(22)12-16(17)23/h3-9,11-12H,1,10,13H2,2H3,(H,24,25)/b9-5+. The number of esters is 1.